The topological polar surface area (TPSA) is 77.0 Å². The second-order valence-electron chi connectivity index (χ2n) is 4.41. The van der Waals surface area contributed by atoms with Crippen LogP contribution in [0, 0.1) is 0 Å². The van der Waals surface area contributed by atoms with Crippen LogP contribution in [0.4, 0.5) is 5.13 Å². The van der Waals surface area contributed by atoms with Crippen molar-refractivity contribution >= 4 is 34.0 Å². The van der Waals surface area contributed by atoms with Crippen molar-refractivity contribution < 1.29 is 9.53 Å². The van der Waals surface area contributed by atoms with E-state index in [0.29, 0.717) is 10.2 Å². The van der Waals surface area contributed by atoms with Crippen molar-refractivity contribution in [2.45, 2.75) is 0 Å². The van der Waals surface area contributed by atoms with Gasteiger partial charge in [0.1, 0.15) is 0 Å². The Hall–Kier alpha value is -2.51. The van der Waals surface area contributed by atoms with Gasteiger partial charge in [-0.3, -0.25) is 10.1 Å². The number of rotatable bonds is 5. The molecule has 0 aliphatic carbocycles. The Balaban J connectivity index is 1.58. The molecule has 1 amide bonds. The maximum Gasteiger partial charge on any atom is 0.316 e. The second kappa shape index (κ2) is 7.17. The van der Waals surface area contributed by atoms with Gasteiger partial charge in [0.05, 0.1) is 5.69 Å². The third kappa shape index (κ3) is 4.24. The molecule has 8 heteroatoms. The Morgan fingerprint density at radius 2 is 1.96 bits per heavy atom. The number of ether oxygens (including phenoxy) is 1. The van der Waals surface area contributed by atoms with Crippen LogP contribution in [0.1, 0.15) is 0 Å². The number of nitrogens with one attached hydrogen (secondary N) is 1. The van der Waals surface area contributed by atoms with Gasteiger partial charge in [-0.25, -0.2) is 15.0 Å². The van der Waals surface area contributed by atoms with E-state index in [4.69, 9.17) is 16.3 Å². The van der Waals surface area contributed by atoms with E-state index in [0.717, 1.165) is 11.3 Å². The van der Waals surface area contributed by atoms with E-state index in [-0.39, 0.29) is 18.5 Å². The molecule has 0 radical (unpaired) electrons. The summed E-state index contributed by atoms with van der Waals surface area (Å²) in [6, 6.07) is 9.16. The SMILES string of the molecule is O=C(COc1ncccn1)Nc1nc(-c2ccc(Cl)cc2)cs1. The number of hydrogen-bond acceptors (Lipinski definition) is 6. The highest BCUT2D eigenvalue weighted by atomic mass is 35.5. The molecule has 3 aromatic rings. The third-order valence-corrected chi connectivity index (χ3v) is 3.77. The van der Waals surface area contributed by atoms with Crippen LogP contribution in [0.2, 0.25) is 5.02 Å². The molecule has 0 aliphatic heterocycles. The number of carbonyl (C=O) groups excluding carboxylic acids is 1. The normalized spacial score (nSPS) is 10.3. The molecule has 23 heavy (non-hydrogen) atoms. The highest BCUT2D eigenvalue weighted by molar-refractivity contribution is 7.14. The lowest BCUT2D eigenvalue weighted by molar-refractivity contribution is -0.118. The van der Waals surface area contributed by atoms with Crippen LogP contribution in [-0.4, -0.2) is 27.5 Å². The van der Waals surface area contributed by atoms with Crippen LogP contribution in [0.3, 0.4) is 0 Å². The Bertz CT molecular complexity index is 793. The number of nitrogens with zero attached hydrogens (tertiary/aromatic N) is 3. The van der Waals surface area contributed by atoms with Gasteiger partial charge in [-0.15, -0.1) is 11.3 Å². The molecule has 116 valence electrons. The van der Waals surface area contributed by atoms with E-state index in [1.807, 2.05) is 17.5 Å². The molecule has 1 aromatic carbocycles. The van der Waals surface area contributed by atoms with Gasteiger partial charge in [-0.1, -0.05) is 23.7 Å². The zero-order valence-corrected chi connectivity index (χ0v) is 13.3. The van der Waals surface area contributed by atoms with Gasteiger partial charge in [0.15, 0.2) is 11.7 Å². The summed E-state index contributed by atoms with van der Waals surface area (Å²) < 4.78 is 5.17. The summed E-state index contributed by atoms with van der Waals surface area (Å²) in [6.45, 7) is -0.181. The zero-order chi connectivity index (χ0) is 16.1. The molecule has 6 nitrogen and oxygen atoms in total. The summed E-state index contributed by atoms with van der Waals surface area (Å²) in [7, 11) is 0. The average Bonchev–Trinajstić information content (AvgIpc) is 3.03. The fourth-order valence-electron chi connectivity index (χ4n) is 1.73. The summed E-state index contributed by atoms with van der Waals surface area (Å²) in [6.07, 6.45) is 3.08. The zero-order valence-electron chi connectivity index (χ0n) is 11.8. The van der Waals surface area contributed by atoms with Gasteiger partial charge >= 0.3 is 6.01 Å². The van der Waals surface area contributed by atoms with Crippen LogP contribution in [-0.2, 0) is 4.79 Å². The number of thiazole rings is 1. The maximum atomic E-state index is 11.8. The standard InChI is InChI=1S/C15H11ClN4O2S/c16-11-4-2-10(3-5-11)12-9-23-15(19-12)20-13(21)8-22-14-17-6-1-7-18-14/h1-7,9H,8H2,(H,19,20,21). The van der Waals surface area contributed by atoms with Crippen molar-refractivity contribution in [2.75, 3.05) is 11.9 Å². The summed E-state index contributed by atoms with van der Waals surface area (Å²) in [4.78, 5) is 23.9. The van der Waals surface area contributed by atoms with Crippen molar-refractivity contribution in [3.63, 3.8) is 0 Å². The molecule has 0 unspecified atom stereocenters. The Labute approximate surface area is 141 Å². The lowest BCUT2D eigenvalue weighted by Crippen LogP contribution is -2.20. The van der Waals surface area contributed by atoms with Crippen LogP contribution >= 0.6 is 22.9 Å². The summed E-state index contributed by atoms with van der Waals surface area (Å²) in [5, 5.41) is 5.70. The van der Waals surface area contributed by atoms with E-state index >= 15 is 0 Å². The molecule has 3 rings (SSSR count). The highest BCUT2D eigenvalue weighted by Crippen LogP contribution is 2.25. The number of benzene rings is 1. The minimum Gasteiger partial charge on any atom is -0.453 e. The van der Waals surface area contributed by atoms with Gasteiger partial charge in [0.2, 0.25) is 0 Å². The molecule has 0 bridgehead atoms. The number of halogens is 1. The first-order chi connectivity index (χ1) is 11.2. The number of anilines is 1. The van der Waals surface area contributed by atoms with Crippen LogP contribution in [0.15, 0.2) is 48.1 Å². The molecule has 2 heterocycles. The quantitative estimate of drug-likeness (QED) is 0.767. The predicted molar refractivity (Wildman–Crippen MR) is 88.7 cm³/mol. The average molecular weight is 347 g/mol. The molecule has 0 aliphatic rings. The predicted octanol–water partition coefficient (Wildman–Crippen LogP) is 3.27. The molecule has 0 atom stereocenters. The lowest BCUT2D eigenvalue weighted by Gasteiger charge is -2.03. The van der Waals surface area contributed by atoms with Crippen molar-refractivity contribution in [1.29, 1.82) is 0 Å². The minimum absolute atomic E-state index is 0.156. The number of aromatic nitrogens is 3. The number of carbonyl (C=O) groups is 1. The lowest BCUT2D eigenvalue weighted by atomic mass is 10.2. The molecule has 1 N–H and O–H groups in total. The summed E-state index contributed by atoms with van der Waals surface area (Å²) in [5.74, 6) is -0.325. The Morgan fingerprint density at radius 3 is 2.70 bits per heavy atom. The van der Waals surface area contributed by atoms with Gasteiger partial charge in [0.25, 0.3) is 5.91 Å². The molecule has 0 fully saturated rings. The van der Waals surface area contributed by atoms with Gasteiger partial charge in [-0.2, -0.15) is 0 Å². The first-order valence-corrected chi connectivity index (χ1v) is 7.87. The van der Waals surface area contributed by atoms with E-state index in [1.54, 1.807) is 30.6 Å². The molecular formula is C15H11ClN4O2S. The van der Waals surface area contributed by atoms with E-state index in [2.05, 4.69) is 20.3 Å². The maximum absolute atomic E-state index is 11.8. The smallest absolute Gasteiger partial charge is 0.316 e. The first-order valence-electron chi connectivity index (χ1n) is 6.62. The van der Waals surface area contributed by atoms with Crippen molar-refractivity contribution in [2.24, 2.45) is 0 Å². The van der Waals surface area contributed by atoms with E-state index < -0.39 is 0 Å². The first kappa shape index (κ1) is 15.4. The van der Waals surface area contributed by atoms with Gasteiger partial charge < -0.3 is 4.74 Å². The van der Waals surface area contributed by atoms with Crippen LogP contribution in [0.5, 0.6) is 6.01 Å². The van der Waals surface area contributed by atoms with Gasteiger partial charge in [-0.05, 0) is 18.2 Å². The van der Waals surface area contributed by atoms with Crippen molar-refractivity contribution in [3.05, 3.63) is 53.1 Å². The fraction of sp³-hybridized carbons (Fsp3) is 0.0667. The van der Waals surface area contributed by atoms with Crippen molar-refractivity contribution in [1.82, 2.24) is 15.0 Å². The van der Waals surface area contributed by atoms with E-state index in [1.165, 1.54) is 11.3 Å². The summed E-state index contributed by atoms with van der Waals surface area (Å²) >= 11 is 7.20. The summed E-state index contributed by atoms with van der Waals surface area (Å²) in [5.41, 5.74) is 1.70. The molecule has 0 saturated carbocycles. The highest BCUT2D eigenvalue weighted by Gasteiger charge is 2.09. The minimum atomic E-state index is -0.325. The largest absolute Gasteiger partial charge is 0.453 e. The third-order valence-electron chi connectivity index (χ3n) is 2.76. The van der Waals surface area contributed by atoms with Gasteiger partial charge in [0, 0.05) is 28.4 Å². The number of amides is 1. The molecule has 2 aromatic heterocycles. The second-order valence-corrected chi connectivity index (χ2v) is 5.71. The molecule has 0 spiro atoms. The van der Waals surface area contributed by atoms with Crippen molar-refractivity contribution in [3.8, 4) is 17.3 Å². The van der Waals surface area contributed by atoms with E-state index in [9.17, 15) is 4.79 Å². The Kier molecular flexibility index (Phi) is 4.80. The number of hydrogen-bond donors (Lipinski definition) is 1. The Morgan fingerprint density at radius 1 is 1.22 bits per heavy atom. The molecule has 0 saturated heterocycles. The van der Waals surface area contributed by atoms with Crippen LogP contribution < -0.4 is 10.1 Å². The molecular weight excluding hydrogens is 336 g/mol. The van der Waals surface area contributed by atoms with Crippen LogP contribution in [0.25, 0.3) is 11.3 Å². The monoisotopic (exact) mass is 346 g/mol. The fourth-order valence-corrected chi connectivity index (χ4v) is 2.59.